The fraction of sp³-hybridized carbons (Fsp3) is 0.872. The molecule has 560 valence electrons. The van der Waals surface area contributed by atoms with E-state index < -0.39 is 20.0 Å². The van der Waals surface area contributed by atoms with Gasteiger partial charge in [0.05, 0.1) is 39.9 Å². The molecule has 0 aliphatic carbocycles. The summed E-state index contributed by atoms with van der Waals surface area (Å²) in [5.41, 5.74) is 0. The molecule has 0 rings (SSSR count). The Morgan fingerprint density at radius 1 is 0.358 bits per heavy atom. The summed E-state index contributed by atoms with van der Waals surface area (Å²) >= 11 is 0. The van der Waals surface area contributed by atoms with E-state index in [4.69, 9.17) is 9.05 Å². The maximum absolute atomic E-state index is 13.1. The molecule has 95 heavy (non-hydrogen) atoms. The minimum atomic E-state index is -4.37. The molecule has 0 heterocycles. The average Bonchev–Trinajstić information content (AvgIpc) is 2.01. The van der Waals surface area contributed by atoms with Crippen molar-refractivity contribution in [1.29, 1.82) is 0 Å². The minimum absolute atomic E-state index is 0.0575. The molecule has 0 aliphatic heterocycles. The third kappa shape index (κ3) is 79.4. The first-order valence-electron chi connectivity index (χ1n) is 42.2. The maximum Gasteiger partial charge on any atom is 0.472 e. The zero-order valence-electron chi connectivity index (χ0n) is 64.4. The number of phosphoric acid groups is 1. The van der Waals surface area contributed by atoms with Gasteiger partial charge in [-0.1, -0.05) is 415 Å². The second-order valence-corrected chi connectivity index (χ2v) is 31.7. The molecular formula is C86H166N2O6P+. The van der Waals surface area contributed by atoms with Crippen LogP contribution in [0.25, 0.3) is 0 Å². The highest BCUT2D eigenvalue weighted by atomic mass is 31.2. The Morgan fingerprint density at radius 2 is 0.611 bits per heavy atom. The lowest BCUT2D eigenvalue weighted by Gasteiger charge is -2.25. The van der Waals surface area contributed by atoms with Crippen molar-refractivity contribution in [1.82, 2.24) is 5.32 Å². The van der Waals surface area contributed by atoms with Crippen molar-refractivity contribution in [3.63, 3.8) is 0 Å². The number of nitrogens with zero attached hydrogens (tertiary/aromatic N) is 1. The largest absolute Gasteiger partial charge is 0.472 e. The van der Waals surface area contributed by atoms with Gasteiger partial charge in [-0.05, 0) is 70.6 Å². The van der Waals surface area contributed by atoms with Crippen LogP contribution in [0.1, 0.15) is 431 Å². The van der Waals surface area contributed by atoms with Gasteiger partial charge in [0.2, 0.25) is 5.91 Å². The summed E-state index contributed by atoms with van der Waals surface area (Å²) in [4.78, 5) is 23.5. The van der Waals surface area contributed by atoms with Crippen LogP contribution >= 0.6 is 7.82 Å². The molecule has 8 nitrogen and oxygen atoms in total. The summed E-state index contributed by atoms with van der Waals surface area (Å²) in [6.45, 7) is 4.85. The summed E-state index contributed by atoms with van der Waals surface area (Å²) in [5, 5.41) is 14.0. The van der Waals surface area contributed by atoms with Crippen LogP contribution in [0.5, 0.6) is 0 Å². The molecule has 0 spiro atoms. The van der Waals surface area contributed by atoms with Gasteiger partial charge >= 0.3 is 7.82 Å². The van der Waals surface area contributed by atoms with Gasteiger partial charge in [-0.25, -0.2) is 4.57 Å². The number of hydrogen-bond acceptors (Lipinski definition) is 5. The van der Waals surface area contributed by atoms with Gasteiger partial charge in [-0.15, -0.1) is 0 Å². The van der Waals surface area contributed by atoms with Gasteiger partial charge in [0.1, 0.15) is 13.2 Å². The predicted octanol–water partition coefficient (Wildman–Crippen LogP) is 27.8. The number of allylic oxidation sites excluding steroid dienone is 9. The van der Waals surface area contributed by atoms with E-state index in [0.717, 1.165) is 51.4 Å². The number of carbonyl (C=O) groups is 1. The lowest BCUT2D eigenvalue weighted by molar-refractivity contribution is -0.870. The SMILES string of the molecule is CCCCCCC/C=C\C/C=C\C/C=C\CCCCCCCCCCCCCCCCCCCCCCCCCCCCC(=O)NC(COP(=O)(O)OCC[N+](C)(C)C)C(O)/C=C/CC/C=C/CCCCCCCCCCCCCCCCCCCCCCCCCCCC. The van der Waals surface area contributed by atoms with Gasteiger partial charge in [0, 0.05) is 6.42 Å². The number of unbranched alkanes of at least 4 members (excludes halogenated alkanes) is 58. The van der Waals surface area contributed by atoms with Crippen LogP contribution in [0.2, 0.25) is 0 Å². The van der Waals surface area contributed by atoms with E-state index in [1.807, 2.05) is 27.2 Å². The third-order valence-corrected chi connectivity index (χ3v) is 20.4. The summed E-state index contributed by atoms with van der Waals surface area (Å²) in [7, 11) is 1.57. The maximum atomic E-state index is 13.1. The van der Waals surface area contributed by atoms with Crippen LogP contribution in [-0.2, 0) is 18.4 Å². The highest BCUT2D eigenvalue weighted by molar-refractivity contribution is 7.47. The van der Waals surface area contributed by atoms with Crippen LogP contribution < -0.4 is 5.32 Å². The number of hydrogen-bond donors (Lipinski definition) is 3. The van der Waals surface area contributed by atoms with Crippen LogP contribution in [0.4, 0.5) is 0 Å². The highest BCUT2D eigenvalue weighted by Crippen LogP contribution is 2.43. The molecule has 0 saturated carbocycles. The van der Waals surface area contributed by atoms with E-state index >= 15 is 0 Å². The number of quaternary nitrogens is 1. The molecule has 0 radical (unpaired) electrons. The number of aliphatic hydroxyl groups excluding tert-OH is 1. The fourth-order valence-electron chi connectivity index (χ4n) is 13.0. The number of phosphoric ester groups is 1. The molecule has 0 aliphatic rings. The number of carbonyl (C=O) groups excluding carboxylic acids is 1. The van der Waals surface area contributed by atoms with Crippen molar-refractivity contribution >= 4 is 13.7 Å². The van der Waals surface area contributed by atoms with E-state index in [0.29, 0.717) is 17.4 Å². The molecule has 0 bridgehead atoms. The Kier molecular flexibility index (Phi) is 74.9. The average molecular weight is 1360 g/mol. The van der Waals surface area contributed by atoms with E-state index in [2.05, 4.69) is 67.8 Å². The normalized spacial score (nSPS) is 13.7. The first-order chi connectivity index (χ1) is 46.5. The number of nitrogens with one attached hydrogen (secondary N) is 1. The van der Waals surface area contributed by atoms with Crippen molar-refractivity contribution in [3.8, 4) is 0 Å². The molecule has 3 N–H and O–H groups in total. The molecule has 0 fully saturated rings. The molecular weight excluding hydrogens is 1190 g/mol. The highest BCUT2D eigenvalue weighted by Gasteiger charge is 2.28. The Labute approximate surface area is 593 Å². The zero-order chi connectivity index (χ0) is 69.0. The number of amides is 1. The zero-order valence-corrected chi connectivity index (χ0v) is 65.3. The quantitative estimate of drug-likeness (QED) is 0.0243. The standard InChI is InChI=1S/C86H165N2O6P/c1-6-8-10-12-14-16-18-20-22-24-26-28-30-32-34-36-38-40-41-42-43-44-45-46-47-48-50-52-54-56-58-60-62-64-66-68-70-72-74-76-78-80-86(90)87-84(83-94-95(91,92)93-82-81-88(3,4)5)85(89)79-77-75-73-71-69-67-65-63-61-59-57-55-53-51-49-39-37-35-33-31-29-27-25-23-21-19-17-15-13-11-9-7-2/h18,20,24,26,30,32,69,71,77,79,84-85,89H,6-17,19,21-23,25,27-29,31,33-68,70,72-76,78,80-83H2,1-5H3,(H-,87,90,91,92)/p+1/b20-18-,26-24-,32-30-,71-69+,79-77+. The van der Waals surface area contributed by atoms with Crippen molar-refractivity contribution in [2.24, 2.45) is 0 Å². The molecule has 3 unspecified atom stereocenters. The van der Waals surface area contributed by atoms with Crippen molar-refractivity contribution < 1.29 is 32.9 Å². The molecule has 0 saturated heterocycles. The van der Waals surface area contributed by atoms with Gasteiger partial charge in [-0.3, -0.25) is 13.8 Å². The van der Waals surface area contributed by atoms with Crippen LogP contribution in [0.3, 0.4) is 0 Å². The monoisotopic (exact) mass is 1350 g/mol. The Bertz CT molecular complexity index is 1740. The first kappa shape index (κ1) is 93.2. The second-order valence-electron chi connectivity index (χ2n) is 30.2. The van der Waals surface area contributed by atoms with Crippen LogP contribution in [0, 0.1) is 0 Å². The summed E-state index contributed by atoms with van der Waals surface area (Å²) in [6, 6.07) is -0.866. The smallest absolute Gasteiger partial charge is 0.387 e. The van der Waals surface area contributed by atoms with Gasteiger partial charge in [0.15, 0.2) is 0 Å². The fourth-order valence-corrected chi connectivity index (χ4v) is 13.7. The van der Waals surface area contributed by atoms with Gasteiger partial charge in [0.25, 0.3) is 0 Å². The second kappa shape index (κ2) is 76.4. The third-order valence-electron chi connectivity index (χ3n) is 19.5. The van der Waals surface area contributed by atoms with Gasteiger partial charge < -0.3 is 19.8 Å². The topological polar surface area (TPSA) is 105 Å². The summed E-state index contributed by atoms with van der Waals surface area (Å²) in [6.07, 6.45) is 107. The molecule has 9 heteroatoms. The molecule has 3 atom stereocenters. The van der Waals surface area contributed by atoms with Crippen molar-refractivity contribution in [2.75, 3.05) is 40.9 Å². The van der Waals surface area contributed by atoms with E-state index in [1.54, 1.807) is 6.08 Å². The summed E-state index contributed by atoms with van der Waals surface area (Å²) in [5.74, 6) is -0.178. The Balaban J connectivity index is 3.93. The van der Waals surface area contributed by atoms with Crippen LogP contribution in [-0.4, -0.2) is 73.4 Å². The molecule has 1 amide bonds. The van der Waals surface area contributed by atoms with Gasteiger partial charge in [-0.2, -0.15) is 0 Å². The Morgan fingerprint density at radius 3 is 0.916 bits per heavy atom. The number of rotatable bonds is 79. The van der Waals surface area contributed by atoms with Crippen molar-refractivity contribution in [2.45, 2.75) is 443 Å². The van der Waals surface area contributed by atoms with Crippen LogP contribution in [0.15, 0.2) is 60.8 Å². The van der Waals surface area contributed by atoms with Crippen molar-refractivity contribution in [3.05, 3.63) is 60.8 Å². The molecule has 0 aromatic rings. The lowest BCUT2D eigenvalue weighted by atomic mass is 10.0. The Hall–Kier alpha value is -1.80. The van der Waals surface area contributed by atoms with E-state index in [-0.39, 0.29) is 19.1 Å². The van der Waals surface area contributed by atoms with E-state index in [9.17, 15) is 19.4 Å². The number of likely N-dealkylation sites (N-methyl/N-ethyl adjacent to an activating group) is 1. The lowest BCUT2D eigenvalue weighted by Crippen LogP contribution is -2.45. The minimum Gasteiger partial charge on any atom is -0.387 e. The molecule has 0 aromatic carbocycles. The predicted molar refractivity (Wildman–Crippen MR) is 420 cm³/mol. The first-order valence-corrected chi connectivity index (χ1v) is 43.7. The molecule has 0 aromatic heterocycles. The van der Waals surface area contributed by atoms with E-state index in [1.165, 1.54) is 360 Å². The number of aliphatic hydroxyl groups is 1. The summed E-state index contributed by atoms with van der Waals surface area (Å²) < 4.78 is 23.9.